The van der Waals surface area contributed by atoms with E-state index in [-0.39, 0.29) is 23.7 Å². The van der Waals surface area contributed by atoms with Crippen molar-refractivity contribution in [1.29, 1.82) is 5.26 Å². The first-order valence-corrected chi connectivity index (χ1v) is 6.98. The van der Waals surface area contributed by atoms with Gasteiger partial charge in [0.05, 0.1) is 5.92 Å². The first kappa shape index (κ1) is 13.5. The minimum absolute atomic E-state index is 0.0301. The number of hydrogen-bond acceptors (Lipinski definition) is 5. The zero-order valence-electron chi connectivity index (χ0n) is 9.85. The molecule has 0 aliphatic carbocycles. The Balaban J connectivity index is 2.23. The third-order valence-electron chi connectivity index (χ3n) is 2.99. The van der Waals surface area contributed by atoms with Crippen LogP contribution in [0.4, 0.5) is 0 Å². The predicted molar refractivity (Wildman–Crippen MR) is 63.5 cm³/mol. The minimum atomic E-state index is -3.73. The Bertz CT molecular complexity index is 633. The van der Waals surface area contributed by atoms with E-state index in [0.717, 1.165) is 10.5 Å². The minimum Gasteiger partial charge on any atom is -0.481 e. The van der Waals surface area contributed by atoms with Crippen LogP contribution in [0.25, 0.3) is 0 Å². The van der Waals surface area contributed by atoms with Gasteiger partial charge in [-0.1, -0.05) is 0 Å². The lowest BCUT2D eigenvalue weighted by molar-refractivity contribution is -0.141. The van der Waals surface area contributed by atoms with Gasteiger partial charge in [0.2, 0.25) is 10.0 Å². The van der Waals surface area contributed by atoms with Crippen LogP contribution in [-0.2, 0) is 14.8 Å². The van der Waals surface area contributed by atoms with E-state index in [4.69, 9.17) is 10.4 Å². The van der Waals surface area contributed by atoms with Crippen LogP contribution in [0, 0.1) is 17.2 Å². The van der Waals surface area contributed by atoms with E-state index in [9.17, 15) is 13.2 Å². The van der Waals surface area contributed by atoms with Gasteiger partial charge in [0.25, 0.3) is 0 Å². The molecule has 1 saturated heterocycles. The highest BCUT2D eigenvalue weighted by Gasteiger charge is 2.35. The fourth-order valence-electron chi connectivity index (χ4n) is 1.90. The molecule has 1 fully saturated rings. The second kappa shape index (κ2) is 4.95. The second-order valence-electron chi connectivity index (χ2n) is 4.18. The topological polar surface area (TPSA) is 111 Å². The van der Waals surface area contributed by atoms with Gasteiger partial charge in [-0.15, -0.1) is 0 Å². The van der Waals surface area contributed by atoms with Crippen LogP contribution >= 0.6 is 0 Å². The van der Waals surface area contributed by atoms with E-state index in [1.54, 1.807) is 6.07 Å². The summed E-state index contributed by atoms with van der Waals surface area (Å²) >= 11 is 0. The summed E-state index contributed by atoms with van der Waals surface area (Å²) in [4.78, 5) is 14.5. The van der Waals surface area contributed by atoms with Gasteiger partial charge in [0.1, 0.15) is 16.7 Å². The first-order valence-electron chi connectivity index (χ1n) is 5.54. The maximum absolute atomic E-state index is 12.2. The first-order chi connectivity index (χ1) is 8.95. The highest BCUT2D eigenvalue weighted by molar-refractivity contribution is 7.89. The molecule has 1 unspecified atom stereocenters. The summed E-state index contributed by atoms with van der Waals surface area (Å²) in [7, 11) is -3.73. The molecule has 7 nitrogen and oxygen atoms in total. The Morgan fingerprint density at radius 3 is 2.74 bits per heavy atom. The number of hydrogen-bond donors (Lipinski definition) is 1. The lowest BCUT2D eigenvalue weighted by Crippen LogP contribution is -2.30. The maximum Gasteiger partial charge on any atom is 0.307 e. The van der Waals surface area contributed by atoms with Crippen molar-refractivity contribution in [2.75, 3.05) is 13.1 Å². The Kier molecular flexibility index (Phi) is 3.50. The number of pyridine rings is 1. The van der Waals surface area contributed by atoms with Gasteiger partial charge in [-0.2, -0.15) is 9.57 Å². The molecule has 0 spiro atoms. The summed E-state index contributed by atoms with van der Waals surface area (Å²) in [5.41, 5.74) is 0.129. The molecule has 0 amide bonds. The third-order valence-corrected chi connectivity index (χ3v) is 4.84. The molecule has 1 aromatic heterocycles. The molecule has 1 aromatic rings. The number of rotatable bonds is 3. The van der Waals surface area contributed by atoms with Crippen molar-refractivity contribution in [3.63, 3.8) is 0 Å². The smallest absolute Gasteiger partial charge is 0.307 e. The normalized spacial score (nSPS) is 20.1. The van der Waals surface area contributed by atoms with E-state index < -0.39 is 21.9 Å². The lowest BCUT2D eigenvalue weighted by Gasteiger charge is -2.15. The fraction of sp³-hybridized carbons (Fsp3) is 0.364. The molecule has 1 N–H and O–H groups in total. The van der Waals surface area contributed by atoms with Gasteiger partial charge in [-0.05, 0) is 18.6 Å². The molecule has 2 rings (SSSR count). The number of sulfonamides is 1. The van der Waals surface area contributed by atoms with Crippen molar-refractivity contribution in [2.45, 2.75) is 11.3 Å². The van der Waals surface area contributed by atoms with Crippen LogP contribution in [0.3, 0.4) is 0 Å². The quantitative estimate of drug-likeness (QED) is 0.837. The second-order valence-corrected chi connectivity index (χ2v) is 6.12. The average molecular weight is 281 g/mol. The number of aliphatic carboxylic acids is 1. The van der Waals surface area contributed by atoms with E-state index >= 15 is 0 Å². The fourth-order valence-corrected chi connectivity index (χ4v) is 3.34. The van der Waals surface area contributed by atoms with E-state index in [1.165, 1.54) is 12.1 Å². The van der Waals surface area contributed by atoms with E-state index in [2.05, 4.69) is 4.98 Å². The number of carbonyl (C=O) groups is 1. The number of nitriles is 1. The maximum atomic E-state index is 12.2. The van der Waals surface area contributed by atoms with E-state index in [0.29, 0.717) is 6.42 Å². The van der Waals surface area contributed by atoms with Crippen LogP contribution in [0.5, 0.6) is 0 Å². The Labute approximate surface area is 110 Å². The summed E-state index contributed by atoms with van der Waals surface area (Å²) in [6, 6.07) is 4.42. The standard InChI is InChI=1S/C11H11N3O4S/c12-5-9-1-2-10(6-13-9)19(17,18)14-4-3-8(7-14)11(15)16/h1-2,6,8H,3-4,7H2,(H,15,16). The molecule has 1 atom stereocenters. The zero-order valence-corrected chi connectivity index (χ0v) is 10.7. The molecule has 8 heteroatoms. The highest BCUT2D eigenvalue weighted by atomic mass is 32.2. The van der Waals surface area contributed by atoms with Crippen molar-refractivity contribution in [2.24, 2.45) is 5.92 Å². The van der Waals surface area contributed by atoms with Crippen molar-refractivity contribution in [1.82, 2.24) is 9.29 Å². The highest BCUT2D eigenvalue weighted by Crippen LogP contribution is 2.24. The van der Waals surface area contributed by atoms with Gasteiger partial charge < -0.3 is 5.11 Å². The third kappa shape index (κ3) is 2.57. The zero-order chi connectivity index (χ0) is 14.0. The SMILES string of the molecule is N#Cc1ccc(S(=O)(=O)N2CCC(C(=O)O)C2)cn1. The van der Waals surface area contributed by atoms with Gasteiger partial charge in [-0.3, -0.25) is 4.79 Å². The molecule has 2 heterocycles. The molecule has 19 heavy (non-hydrogen) atoms. The molecular formula is C11H11N3O4S. The molecule has 1 aliphatic rings. The van der Waals surface area contributed by atoms with Crippen LogP contribution in [0.1, 0.15) is 12.1 Å². The van der Waals surface area contributed by atoms with Gasteiger partial charge >= 0.3 is 5.97 Å². The lowest BCUT2D eigenvalue weighted by atomic mass is 10.1. The number of nitrogens with zero attached hydrogens (tertiary/aromatic N) is 3. The monoisotopic (exact) mass is 281 g/mol. The summed E-state index contributed by atoms with van der Waals surface area (Å²) in [6.07, 6.45) is 1.42. The molecular weight excluding hydrogens is 270 g/mol. The van der Waals surface area contributed by atoms with Crippen LogP contribution in [0.2, 0.25) is 0 Å². The van der Waals surface area contributed by atoms with Crippen LogP contribution in [0.15, 0.2) is 23.2 Å². The molecule has 0 radical (unpaired) electrons. The van der Waals surface area contributed by atoms with Crippen molar-refractivity contribution in [3.05, 3.63) is 24.0 Å². The Morgan fingerprint density at radius 1 is 1.53 bits per heavy atom. The van der Waals surface area contributed by atoms with Crippen LogP contribution < -0.4 is 0 Å². The van der Waals surface area contributed by atoms with Gasteiger partial charge in [-0.25, -0.2) is 13.4 Å². The molecule has 0 aromatic carbocycles. The summed E-state index contributed by atoms with van der Waals surface area (Å²) < 4.78 is 25.6. The molecule has 0 bridgehead atoms. The predicted octanol–water partition coefficient (Wildman–Crippen LogP) is 0.0485. The number of carboxylic acid groups (broad SMARTS) is 1. The summed E-state index contributed by atoms with van der Waals surface area (Å²) in [5, 5.41) is 17.5. The molecule has 100 valence electrons. The molecule has 1 aliphatic heterocycles. The molecule has 0 saturated carbocycles. The van der Waals surface area contributed by atoms with E-state index in [1.807, 2.05) is 0 Å². The summed E-state index contributed by atoms with van der Waals surface area (Å²) in [5.74, 6) is -1.66. The van der Waals surface area contributed by atoms with Crippen molar-refractivity contribution >= 4 is 16.0 Å². The van der Waals surface area contributed by atoms with Crippen molar-refractivity contribution in [3.8, 4) is 6.07 Å². The Hall–Kier alpha value is -1.98. The number of carboxylic acids is 1. The van der Waals surface area contributed by atoms with Gasteiger partial charge in [0, 0.05) is 19.3 Å². The number of aromatic nitrogens is 1. The van der Waals surface area contributed by atoms with Gasteiger partial charge in [0.15, 0.2) is 0 Å². The average Bonchev–Trinajstić information content (AvgIpc) is 2.89. The summed E-state index contributed by atoms with van der Waals surface area (Å²) in [6.45, 7) is 0.150. The van der Waals surface area contributed by atoms with Crippen LogP contribution in [-0.4, -0.2) is 41.9 Å². The largest absolute Gasteiger partial charge is 0.481 e. The Morgan fingerprint density at radius 2 is 2.26 bits per heavy atom. The van der Waals surface area contributed by atoms with Crippen molar-refractivity contribution < 1.29 is 18.3 Å².